The fourth-order valence-electron chi connectivity index (χ4n) is 1.76. The van der Waals surface area contributed by atoms with Crippen LogP contribution in [0.1, 0.15) is 13.3 Å². The largest absolute Gasteiger partial charge is 0.508 e. The van der Waals surface area contributed by atoms with Crippen LogP contribution in [0.15, 0.2) is 40.5 Å². The molecule has 0 atom stereocenters. The van der Waals surface area contributed by atoms with Crippen molar-refractivity contribution in [1.29, 1.82) is 0 Å². The van der Waals surface area contributed by atoms with Gasteiger partial charge in [0.15, 0.2) is 0 Å². The molecular formula is C13H12N2O3. The van der Waals surface area contributed by atoms with Crippen LogP contribution in [-0.4, -0.2) is 22.0 Å². The van der Waals surface area contributed by atoms with Crippen molar-refractivity contribution in [3.8, 4) is 5.75 Å². The van der Waals surface area contributed by atoms with E-state index < -0.39 is 5.97 Å². The number of allylic oxidation sites excluding steroid dienone is 1. The highest BCUT2D eigenvalue weighted by atomic mass is 16.4. The van der Waals surface area contributed by atoms with Gasteiger partial charge in [0.1, 0.15) is 11.6 Å². The molecule has 2 aliphatic heterocycles. The van der Waals surface area contributed by atoms with Crippen molar-refractivity contribution in [3.63, 3.8) is 0 Å². The summed E-state index contributed by atoms with van der Waals surface area (Å²) in [4.78, 5) is 17.5. The van der Waals surface area contributed by atoms with Gasteiger partial charge in [-0.15, -0.1) is 0 Å². The number of phenolic OH excluding ortho intramolecular Hbond substituents is 1. The summed E-state index contributed by atoms with van der Waals surface area (Å²) in [6.45, 7) is 1.08. The molecule has 18 heavy (non-hydrogen) atoms. The predicted molar refractivity (Wildman–Crippen MR) is 66.8 cm³/mol. The highest BCUT2D eigenvalue weighted by Gasteiger charge is 2.11. The van der Waals surface area contributed by atoms with E-state index in [1.54, 1.807) is 18.3 Å². The number of hydrogen-bond donors (Lipinski definition) is 2. The van der Waals surface area contributed by atoms with E-state index in [0.717, 1.165) is 29.8 Å². The third-order valence-electron chi connectivity index (χ3n) is 2.42. The molecule has 5 heteroatoms. The van der Waals surface area contributed by atoms with Crippen LogP contribution in [0.25, 0.3) is 5.57 Å². The summed E-state index contributed by atoms with van der Waals surface area (Å²) in [7, 11) is 0. The predicted octanol–water partition coefficient (Wildman–Crippen LogP) is 0.583. The van der Waals surface area contributed by atoms with E-state index in [1.165, 1.54) is 5.57 Å². The quantitative estimate of drug-likeness (QED) is 0.700. The number of carbonyl (C=O) groups is 1. The van der Waals surface area contributed by atoms with Gasteiger partial charge in [-0.2, -0.15) is 0 Å². The molecule has 0 amide bonds. The lowest BCUT2D eigenvalue weighted by Gasteiger charge is -2.11. The van der Waals surface area contributed by atoms with Crippen LogP contribution in [0.3, 0.4) is 0 Å². The molecular weight excluding hydrogens is 232 g/mol. The second kappa shape index (κ2) is 4.83. The number of rotatable bonds is 0. The zero-order chi connectivity index (χ0) is 13.1. The number of nitrogens with zero attached hydrogens (tertiary/aromatic N) is 2. The van der Waals surface area contributed by atoms with Crippen LogP contribution in [0, 0.1) is 0 Å². The van der Waals surface area contributed by atoms with E-state index in [0.29, 0.717) is 0 Å². The summed E-state index contributed by atoms with van der Waals surface area (Å²) < 4.78 is 0. The van der Waals surface area contributed by atoms with Gasteiger partial charge in [0.25, 0.3) is 5.97 Å². The second-order valence-corrected chi connectivity index (χ2v) is 3.90. The minimum absolute atomic E-state index is 0.283. The van der Waals surface area contributed by atoms with Crippen LogP contribution in [0.5, 0.6) is 5.75 Å². The molecule has 2 heterocycles. The third-order valence-corrected chi connectivity index (χ3v) is 2.42. The van der Waals surface area contributed by atoms with Crippen molar-refractivity contribution in [3.05, 3.63) is 41.1 Å². The minimum atomic E-state index is -0.833. The van der Waals surface area contributed by atoms with Crippen LogP contribution in [-0.2, 0) is 4.79 Å². The van der Waals surface area contributed by atoms with Crippen LogP contribution in [0.4, 0.5) is 0 Å². The maximum Gasteiger partial charge on any atom is 0.300 e. The number of aliphatic carboxylic acids is 1. The van der Waals surface area contributed by atoms with Gasteiger partial charge < -0.3 is 10.2 Å². The zero-order valence-electron chi connectivity index (χ0n) is 9.79. The van der Waals surface area contributed by atoms with Crippen molar-refractivity contribution in [2.24, 2.45) is 9.98 Å². The number of carboxylic acid groups (broad SMARTS) is 1. The number of aromatic hydroxyl groups is 1. The highest BCUT2D eigenvalue weighted by Crippen LogP contribution is 2.13. The second-order valence-electron chi connectivity index (χ2n) is 3.90. The maximum atomic E-state index is 9.38. The lowest BCUT2D eigenvalue weighted by molar-refractivity contribution is -0.134. The topological polar surface area (TPSA) is 82.2 Å². The van der Waals surface area contributed by atoms with E-state index >= 15 is 0 Å². The molecule has 0 aliphatic carbocycles. The lowest BCUT2D eigenvalue weighted by Crippen LogP contribution is -2.32. The summed E-state index contributed by atoms with van der Waals surface area (Å²) in [5.74, 6) is 0.298. The normalized spacial score (nSPS) is 14.7. The van der Waals surface area contributed by atoms with Gasteiger partial charge in [-0.3, -0.25) is 4.79 Å². The molecule has 0 saturated heterocycles. The summed E-state index contributed by atoms with van der Waals surface area (Å²) >= 11 is 0. The molecule has 2 bridgehead atoms. The van der Waals surface area contributed by atoms with Gasteiger partial charge in [0.2, 0.25) is 0 Å². The van der Waals surface area contributed by atoms with Gasteiger partial charge in [-0.05, 0) is 29.8 Å². The van der Waals surface area contributed by atoms with Crippen LogP contribution >= 0.6 is 0 Å². The molecule has 0 spiro atoms. The van der Waals surface area contributed by atoms with Crippen molar-refractivity contribution >= 4 is 17.4 Å². The SMILES string of the molecule is CC(=O)O.Oc1ccc2c(c1)=C1C=CN=C(C1)N=2. The van der Waals surface area contributed by atoms with Crippen molar-refractivity contribution in [2.45, 2.75) is 13.3 Å². The lowest BCUT2D eigenvalue weighted by atomic mass is 10.0. The maximum absolute atomic E-state index is 9.38. The van der Waals surface area contributed by atoms with E-state index in [9.17, 15) is 5.11 Å². The molecule has 92 valence electrons. The molecule has 3 rings (SSSR count). The first-order valence-electron chi connectivity index (χ1n) is 5.40. The van der Waals surface area contributed by atoms with E-state index in [4.69, 9.17) is 9.90 Å². The summed E-state index contributed by atoms with van der Waals surface area (Å²) in [6, 6.07) is 5.22. The Hall–Kier alpha value is -2.43. The number of carboxylic acids is 1. The van der Waals surface area contributed by atoms with E-state index in [1.807, 2.05) is 12.1 Å². The summed E-state index contributed by atoms with van der Waals surface area (Å²) in [5.41, 5.74) is 1.18. The number of fused-ring (bicyclic) bond motifs is 3. The Kier molecular flexibility index (Phi) is 3.23. The first-order valence-corrected chi connectivity index (χ1v) is 5.40. The molecule has 2 N–H and O–H groups in total. The molecule has 0 fully saturated rings. The molecule has 0 radical (unpaired) electrons. The highest BCUT2D eigenvalue weighted by molar-refractivity contribution is 5.95. The Balaban J connectivity index is 0.000000267. The van der Waals surface area contributed by atoms with Gasteiger partial charge in [0.05, 0.1) is 5.36 Å². The van der Waals surface area contributed by atoms with E-state index in [2.05, 4.69) is 9.98 Å². The molecule has 2 aliphatic rings. The van der Waals surface area contributed by atoms with Crippen molar-refractivity contribution in [2.75, 3.05) is 0 Å². The monoisotopic (exact) mass is 244 g/mol. The molecule has 1 aromatic carbocycles. The first-order chi connectivity index (χ1) is 8.56. The fraction of sp³-hybridized carbons (Fsp3) is 0.154. The number of aliphatic imine (C=N–C) groups is 1. The smallest absolute Gasteiger partial charge is 0.300 e. The molecule has 0 saturated carbocycles. The van der Waals surface area contributed by atoms with Gasteiger partial charge in [0, 0.05) is 24.8 Å². The van der Waals surface area contributed by atoms with Gasteiger partial charge >= 0.3 is 0 Å². The Labute approximate surface area is 103 Å². The van der Waals surface area contributed by atoms with Crippen LogP contribution in [0.2, 0.25) is 0 Å². The third kappa shape index (κ3) is 2.63. The number of hydrogen-bond acceptors (Lipinski definition) is 4. The Bertz CT molecular complexity index is 668. The number of amidine groups is 1. The van der Waals surface area contributed by atoms with Crippen molar-refractivity contribution in [1.82, 2.24) is 0 Å². The first kappa shape index (κ1) is 12.0. The average molecular weight is 244 g/mol. The zero-order valence-corrected chi connectivity index (χ0v) is 9.79. The molecule has 0 aromatic heterocycles. The summed E-state index contributed by atoms with van der Waals surface area (Å²) in [5, 5.41) is 18.7. The van der Waals surface area contributed by atoms with Gasteiger partial charge in [-0.25, -0.2) is 9.98 Å². The molecule has 5 nitrogen and oxygen atoms in total. The standard InChI is InChI=1S/C11H8N2O.C2H4O2/c14-8-1-2-10-9(6-8)7-3-4-12-11(5-7)13-10;1-2(3)4/h1-4,6,14H,5H2;1H3,(H,3,4). The average Bonchev–Trinajstić information content (AvgIpc) is 2.30. The van der Waals surface area contributed by atoms with Gasteiger partial charge in [-0.1, -0.05) is 0 Å². The number of benzene rings is 1. The number of phenols is 1. The van der Waals surface area contributed by atoms with Crippen LogP contribution < -0.4 is 10.6 Å². The summed E-state index contributed by atoms with van der Waals surface area (Å²) in [6.07, 6.45) is 4.49. The Morgan fingerprint density at radius 1 is 1.39 bits per heavy atom. The minimum Gasteiger partial charge on any atom is -0.508 e. The van der Waals surface area contributed by atoms with E-state index in [-0.39, 0.29) is 5.75 Å². The van der Waals surface area contributed by atoms with Crippen molar-refractivity contribution < 1.29 is 15.0 Å². The Morgan fingerprint density at radius 3 is 2.83 bits per heavy atom. The Morgan fingerprint density at radius 2 is 2.11 bits per heavy atom. The molecule has 1 aromatic rings. The fourth-order valence-corrected chi connectivity index (χ4v) is 1.76. The molecule has 0 unspecified atom stereocenters.